The van der Waals surface area contributed by atoms with Crippen LogP contribution < -0.4 is 10.2 Å². The molecule has 0 fully saturated rings. The Morgan fingerprint density at radius 2 is 1.90 bits per heavy atom. The highest BCUT2D eigenvalue weighted by molar-refractivity contribution is 6.01. The second kappa shape index (κ2) is 8.24. The maximum atomic E-state index is 13.5. The largest absolute Gasteiger partial charge is 0.357 e. The first-order valence-corrected chi connectivity index (χ1v) is 10.6. The van der Waals surface area contributed by atoms with Crippen LogP contribution in [0, 0.1) is 12.8 Å². The van der Waals surface area contributed by atoms with Crippen LogP contribution in [0.4, 0.5) is 11.4 Å². The summed E-state index contributed by atoms with van der Waals surface area (Å²) in [5.74, 6) is -0.0996. The molecule has 2 aromatic carbocycles. The molecular weight excluding hydrogens is 360 g/mol. The minimum atomic E-state index is -0.371. The van der Waals surface area contributed by atoms with Crippen LogP contribution in [-0.4, -0.2) is 11.7 Å². The van der Waals surface area contributed by atoms with Crippen molar-refractivity contribution >= 4 is 23.1 Å². The number of hydrogen-bond acceptors (Lipinski definition) is 3. The summed E-state index contributed by atoms with van der Waals surface area (Å²) in [6, 6.07) is 15.8. The van der Waals surface area contributed by atoms with Gasteiger partial charge in [-0.2, -0.15) is 0 Å². The fraction of sp³-hybridized carbons (Fsp3) is 0.360. The molecule has 2 aromatic rings. The Kier molecular flexibility index (Phi) is 5.52. The highest BCUT2D eigenvalue weighted by Crippen LogP contribution is 2.46. The van der Waals surface area contributed by atoms with Gasteiger partial charge < -0.3 is 10.2 Å². The van der Waals surface area contributed by atoms with Crippen LogP contribution in [0.3, 0.4) is 0 Å². The van der Waals surface area contributed by atoms with Gasteiger partial charge >= 0.3 is 0 Å². The topological polar surface area (TPSA) is 49.4 Å². The van der Waals surface area contributed by atoms with E-state index in [0.29, 0.717) is 12.8 Å². The average molecular weight is 389 g/mol. The molecule has 29 heavy (non-hydrogen) atoms. The summed E-state index contributed by atoms with van der Waals surface area (Å²) >= 11 is 0. The molecule has 0 spiro atoms. The number of aryl methyl sites for hydroxylation is 1. The van der Waals surface area contributed by atoms with Gasteiger partial charge in [-0.15, -0.1) is 0 Å². The first-order valence-electron chi connectivity index (χ1n) is 10.6. The summed E-state index contributed by atoms with van der Waals surface area (Å²) in [6.45, 7) is 4.14. The third-order valence-corrected chi connectivity index (χ3v) is 5.91. The lowest BCUT2D eigenvalue weighted by molar-refractivity contribution is -0.123. The van der Waals surface area contributed by atoms with E-state index in [2.05, 4.69) is 49.5 Å². The van der Waals surface area contributed by atoms with Gasteiger partial charge in [0.2, 0.25) is 5.91 Å². The molecule has 4 heteroatoms. The Hall–Kier alpha value is -2.88. The lowest BCUT2D eigenvalue weighted by Gasteiger charge is -2.36. The van der Waals surface area contributed by atoms with Crippen LogP contribution in [0.25, 0.3) is 0 Å². The molecule has 2 atom stereocenters. The number of ketones is 1. The molecule has 0 bridgehead atoms. The minimum Gasteiger partial charge on any atom is -0.357 e. The number of carbonyl (C=O) groups is 2. The van der Waals surface area contributed by atoms with Gasteiger partial charge in [0.25, 0.3) is 0 Å². The highest BCUT2D eigenvalue weighted by Gasteiger charge is 2.43. The zero-order valence-corrected chi connectivity index (χ0v) is 17.2. The third kappa shape index (κ3) is 3.71. The van der Waals surface area contributed by atoms with Crippen LogP contribution in [0.1, 0.15) is 56.2 Å². The summed E-state index contributed by atoms with van der Waals surface area (Å²) in [5.41, 5.74) is 4.82. The van der Waals surface area contributed by atoms with Crippen LogP contribution in [0.2, 0.25) is 0 Å². The highest BCUT2D eigenvalue weighted by atomic mass is 16.2. The molecule has 4 nitrogen and oxygen atoms in total. The second-order valence-corrected chi connectivity index (χ2v) is 8.01. The number of amides is 1. The van der Waals surface area contributed by atoms with Gasteiger partial charge in [-0.05, 0) is 37.5 Å². The summed E-state index contributed by atoms with van der Waals surface area (Å²) in [5, 5.41) is 3.49. The van der Waals surface area contributed by atoms with Gasteiger partial charge in [0.1, 0.15) is 5.78 Å². The molecule has 1 amide bonds. The number of nitrogens with one attached hydrogen (secondary N) is 1. The van der Waals surface area contributed by atoms with Crippen molar-refractivity contribution in [3.05, 3.63) is 71.4 Å². The molecule has 1 N–H and O–H groups in total. The van der Waals surface area contributed by atoms with E-state index in [0.717, 1.165) is 47.5 Å². The van der Waals surface area contributed by atoms with Crippen LogP contribution in [-0.2, 0) is 9.59 Å². The summed E-state index contributed by atoms with van der Waals surface area (Å²) in [7, 11) is 0. The van der Waals surface area contributed by atoms with E-state index in [4.69, 9.17) is 0 Å². The van der Waals surface area contributed by atoms with E-state index in [9.17, 15) is 9.59 Å². The molecule has 1 aliphatic carbocycles. The Bertz CT molecular complexity index is 946. The normalized spacial score (nSPS) is 20.8. The number of carbonyl (C=O) groups excluding carboxylic acids is 2. The fourth-order valence-electron chi connectivity index (χ4n) is 4.39. The number of para-hydroxylation sites is 2. The van der Waals surface area contributed by atoms with Gasteiger partial charge in [-0.3, -0.25) is 9.59 Å². The first-order chi connectivity index (χ1) is 14.1. The second-order valence-electron chi connectivity index (χ2n) is 8.01. The zero-order valence-electron chi connectivity index (χ0n) is 17.2. The van der Waals surface area contributed by atoms with E-state index in [1.54, 1.807) is 0 Å². The molecule has 2 aliphatic rings. The Morgan fingerprint density at radius 1 is 1.14 bits per heavy atom. The van der Waals surface area contributed by atoms with E-state index in [1.165, 1.54) is 0 Å². The van der Waals surface area contributed by atoms with Crippen molar-refractivity contribution in [2.45, 2.75) is 52.0 Å². The molecule has 0 radical (unpaired) electrons. The Labute approximate surface area is 172 Å². The van der Waals surface area contributed by atoms with Crippen molar-refractivity contribution in [1.29, 1.82) is 0 Å². The number of hydrogen-bond donors (Lipinski definition) is 1. The van der Waals surface area contributed by atoms with Gasteiger partial charge in [-0.25, -0.2) is 0 Å². The number of benzene rings is 2. The first kappa shape index (κ1) is 19.4. The fourth-order valence-corrected chi connectivity index (χ4v) is 4.39. The molecule has 4 rings (SSSR count). The number of anilines is 2. The predicted molar refractivity (Wildman–Crippen MR) is 117 cm³/mol. The number of unbranched alkanes of at least 4 members (excludes halogenated alkanes) is 1. The lowest BCUT2D eigenvalue weighted by Crippen LogP contribution is -2.41. The van der Waals surface area contributed by atoms with E-state index in [1.807, 2.05) is 29.2 Å². The molecule has 0 aromatic heterocycles. The molecule has 0 saturated heterocycles. The maximum absolute atomic E-state index is 13.5. The minimum absolute atomic E-state index is 0.0753. The smallest absolute Gasteiger partial charge is 0.227 e. The van der Waals surface area contributed by atoms with Crippen molar-refractivity contribution in [2.24, 2.45) is 5.92 Å². The van der Waals surface area contributed by atoms with Gasteiger partial charge in [0.15, 0.2) is 0 Å². The number of allylic oxidation sites excluding steroid dienone is 1. The van der Waals surface area contributed by atoms with Gasteiger partial charge in [-0.1, -0.05) is 61.4 Å². The predicted octanol–water partition coefficient (Wildman–Crippen LogP) is 5.55. The van der Waals surface area contributed by atoms with Crippen molar-refractivity contribution in [2.75, 3.05) is 10.2 Å². The number of Topliss-reactive ketones (excluding diaryl/α,β-unsaturated/α-hetero) is 1. The van der Waals surface area contributed by atoms with Gasteiger partial charge in [0, 0.05) is 18.5 Å². The Morgan fingerprint density at radius 3 is 2.66 bits per heavy atom. The molecular formula is C25H28N2O2. The van der Waals surface area contributed by atoms with Crippen LogP contribution >= 0.6 is 0 Å². The summed E-state index contributed by atoms with van der Waals surface area (Å²) in [4.78, 5) is 28.5. The average Bonchev–Trinajstić information content (AvgIpc) is 2.87. The maximum Gasteiger partial charge on any atom is 0.227 e. The Balaban J connectivity index is 1.92. The lowest BCUT2D eigenvalue weighted by atomic mass is 9.81. The molecule has 1 aliphatic heterocycles. The number of fused-ring (bicyclic) bond motifs is 2. The van der Waals surface area contributed by atoms with Crippen LogP contribution in [0.5, 0.6) is 0 Å². The summed E-state index contributed by atoms with van der Waals surface area (Å²) in [6.07, 6.45) is 5.67. The molecule has 0 saturated carbocycles. The monoisotopic (exact) mass is 388 g/mol. The summed E-state index contributed by atoms with van der Waals surface area (Å²) < 4.78 is 0. The van der Waals surface area contributed by atoms with E-state index < -0.39 is 0 Å². The number of rotatable bonds is 4. The van der Waals surface area contributed by atoms with Crippen molar-refractivity contribution in [3.8, 4) is 0 Å². The zero-order chi connectivity index (χ0) is 20.4. The molecule has 1 heterocycles. The van der Waals surface area contributed by atoms with E-state index >= 15 is 0 Å². The number of nitrogens with zero attached hydrogens (tertiary/aromatic N) is 1. The molecule has 150 valence electrons. The molecule has 0 unspecified atom stereocenters. The van der Waals surface area contributed by atoms with E-state index in [-0.39, 0.29) is 23.7 Å². The van der Waals surface area contributed by atoms with Crippen molar-refractivity contribution < 1.29 is 9.59 Å². The van der Waals surface area contributed by atoms with Crippen molar-refractivity contribution in [3.63, 3.8) is 0 Å². The SMILES string of the molecule is CCCCC(=O)N1c2ccccc2NC2=CCCC(=O)[C@H]2[C@@H]1c1ccc(C)cc1. The van der Waals surface area contributed by atoms with Crippen molar-refractivity contribution in [1.82, 2.24) is 0 Å². The standard InChI is InChI=1S/C25H28N2O2/c1-3-4-12-23(29)27-21-10-6-5-8-19(21)26-20-9-7-11-22(28)24(20)25(27)18-15-13-17(2)14-16-18/h5-6,8-10,13-16,24-26H,3-4,7,11-12H2,1-2H3/t24-,25-/m0/s1. The van der Waals surface area contributed by atoms with Gasteiger partial charge in [0.05, 0.1) is 23.3 Å². The third-order valence-electron chi connectivity index (χ3n) is 5.91. The van der Waals surface area contributed by atoms with Crippen LogP contribution in [0.15, 0.2) is 60.3 Å². The quantitative estimate of drug-likeness (QED) is 0.747.